The SMILES string of the molecule is CCCCNC(=S)N/N=C(/C)c1ccc(CC)cc1. The Labute approximate surface area is 121 Å². The fourth-order valence-corrected chi connectivity index (χ4v) is 1.75. The van der Waals surface area contributed by atoms with Crippen LogP contribution < -0.4 is 10.7 Å². The highest BCUT2D eigenvalue weighted by Gasteiger charge is 1.98. The molecule has 0 amide bonds. The number of aryl methyl sites for hydroxylation is 1. The number of hydrazone groups is 1. The number of rotatable bonds is 6. The number of hydrogen-bond donors (Lipinski definition) is 2. The molecule has 3 nitrogen and oxygen atoms in total. The van der Waals surface area contributed by atoms with E-state index >= 15 is 0 Å². The second-order valence-electron chi connectivity index (χ2n) is 4.47. The van der Waals surface area contributed by atoms with E-state index in [-0.39, 0.29) is 0 Å². The van der Waals surface area contributed by atoms with Crippen LogP contribution in [0.4, 0.5) is 0 Å². The average Bonchev–Trinajstić information content (AvgIpc) is 2.45. The molecule has 2 N–H and O–H groups in total. The molecule has 19 heavy (non-hydrogen) atoms. The van der Waals surface area contributed by atoms with E-state index in [0.717, 1.165) is 37.1 Å². The highest BCUT2D eigenvalue weighted by atomic mass is 32.1. The number of nitrogens with zero attached hydrogens (tertiary/aromatic N) is 1. The molecule has 0 radical (unpaired) electrons. The Bertz CT molecular complexity index is 424. The third-order valence-electron chi connectivity index (χ3n) is 2.92. The fourth-order valence-electron chi connectivity index (χ4n) is 1.60. The second-order valence-corrected chi connectivity index (χ2v) is 4.88. The molecule has 0 bridgehead atoms. The van der Waals surface area contributed by atoms with E-state index < -0.39 is 0 Å². The summed E-state index contributed by atoms with van der Waals surface area (Å²) >= 11 is 5.15. The second kappa shape index (κ2) is 8.64. The smallest absolute Gasteiger partial charge is 0.186 e. The Morgan fingerprint density at radius 2 is 1.89 bits per heavy atom. The number of benzene rings is 1. The van der Waals surface area contributed by atoms with Gasteiger partial charge in [-0.05, 0) is 43.1 Å². The lowest BCUT2D eigenvalue weighted by molar-refractivity contribution is 0.745. The minimum Gasteiger partial charge on any atom is -0.361 e. The third-order valence-corrected chi connectivity index (χ3v) is 3.16. The predicted octanol–water partition coefficient (Wildman–Crippen LogP) is 3.24. The molecule has 0 aliphatic carbocycles. The highest BCUT2D eigenvalue weighted by molar-refractivity contribution is 7.80. The summed E-state index contributed by atoms with van der Waals surface area (Å²) in [7, 11) is 0. The van der Waals surface area contributed by atoms with Crippen molar-refractivity contribution in [3.63, 3.8) is 0 Å². The Morgan fingerprint density at radius 1 is 1.21 bits per heavy atom. The summed E-state index contributed by atoms with van der Waals surface area (Å²) < 4.78 is 0. The highest BCUT2D eigenvalue weighted by Crippen LogP contribution is 2.05. The molecule has 0 aliphatic heterocycles. The van der Waals surface area contributed by atoms with Crippen LogP contribution >= 0.6 is 12.2 Å². The molecule has 0 heterocycles. The topological polar surface area (TPSA) is 36.4 Å². The fraction of sp³-hybridized carbons (Fsp3) is 0.467. The van der Waals surface area contributed by atoms with Gasteiger partial charge < -0.3 is 5.32 Å². The van der Waals surface area contributed by atoms with Crippen molar-refractivity contribution in [1.82, 2.24) is 10.7 Å². The minimum atomic E-state index is 0.581. The molecule has 1 rings (SSSR count). The van der Waals surface area contributed by atoms with Crippen LogP contribution in [0.1, 0.15) is 44.7 Å². The van der Waals surface area contributed by atoms with E-state index in [9.17, 15) is 0 Å². The Morgan fingerprint density at radius 3 is 2.47 bits per heavy atom. The molecule has 1 aromatic carbocycles. The number of unbranched alkanes of at least 4 members (excludes halogenated alkanes) is 1. The largest absolute Gasteiger partial charge is 0.361 e. The minimum absolute atomic E-state index is 0.581. The van der Waals surface area contributed by atoms with Gasteiger partial charge in [0.25, 0.3) is 0 Å². The van der Waals surface area contributed by atoms with Gasteiger partial charge in [0.1, 0.15) is 0 Å². The van der Waals surface area contributed by atoms with Crippen molar-refractivity contribution in [3.8, 4) is 0 Å². The first-order valence-corrected chi connectivity index (χ1v) is 7.25. The maximum Gasteiger partial charge on any atom is 0.186 e. The lowest BCUT2D eigenvalue weighted by Gasteiger charge is -2.07. The van der Waals surface area contributed by atoms with Crippen LogP contribution in [0.15, 0.2) is 29.4 Å². The molecule has 0 saturated carbocycles. The van der Waals surface area contributed by atoms with Gasteiger partial charge in [0.2, 0.25) is 0 Å². The first-order chi connectivity index (χ1) is 9.17. The summed E-state index contributed by atoms with van der Waals surface area (Å²) in [6, 6.07) is 8.44. The normalized spacial score (nSPS) is 11.2. The van der Waals surface area contributed by atoms with E-state index in [1.54, 1.807) is 0 Å². The molecular weight excluding hydrogens is 254 g/mol. The van der Waals surface area contributed by atoms with E-state index in [2.05, 4.69) is 54.0 Å². The average molecular weight is 277 g/mol. The maximum absolute atomic E-state index is 5.15. The van der Waals surface area contributed by atoms with Crippen LogP contribution in [0.2, 0.25) is 0 Å². The van der Waals surface area contributed by atoms with Crippen molar-refractivity contribution in [2.24, 2.45) is 5.10 Å². The Hall–Kier alpha value is -1.42. The summed E-state index contributed by atoms with van der Waals surface area (Å²) in [5.74, 6) is 0. The van der Waals surface area contributed by atoms with Crippen LogP contribution in [-0.4, -0.2) is 17.4 Å². The van der Waals surface area contributed by atoms with Crippen molar-refractivity contribution < 1.29 is 0 Å². The van der Waals surface area contributed by atoms with E-state index in [1.165, 1.54) is 5.56 Å². The molecule has 0 aliphatic rings. The molecule has 0 atom stereocenters. The third kappa shape index (κ3) is 5.83. The van der Waals surface area contributed by atoms with Gasteiger partial charge >= 0.3 is 0 Å². The first kappa shape index (κ1) is 15.6. The van der Waals surface area contributed by atoms with Crippen molar-refractivity contribution in [2.75, 3.05) is 6.54 Å². The molecular formula is C15H23N3S. The van der Waals surface area contributed by atoms with Gasteiger partial charge in [0.15, 0.2) is 5.11 Å². The van der Waals surface area contributed by atoms with Gasteiger partial charge in [-0.1, -0.05) is 44.5 Å². The molecule has 0 fully saturated rings. The summed E-state index contributed by atoms with van der Waals surface area (Å²) in [6.45, 7) is 7.17. The Kier molecular flexibility index (Phi) is 7.11. The molecule has 0 aromatic heterocycles. The van der Waals surface area contributed by atoms with Gasteiger partial charge in [-0.15, -0.1) is 0 Å². The number of thiocarbonyl (C=S) groups is 1. The van der Waals surface area contributed by atoms with E-state index in [0.29, 0.717) is 5.11 Å². The summed E-state index contributed by atoms with van der Waals surface area (Å²) in [6.07, 6.45) is 3.32. The first-order valence-electron chi connectivity index (χ1n) is 6.84. The monoisotopic (exact) mass is 277 g/mol. The van der Waals surface area contributed by atoms with Crippen molar-refractivity contribution in [3.05, 3.63) is 35.4 Å². The zero-order chi connectivity index (χ0) is 14.1. The van der Waals surface area contributed by atoms with Crippen LogP contribution in [0.25, 0.3) is 0 Å². The predicted molar refractivity (Wildman–Crippen MR) is 86.7 cm³/mol. The summed E-state index contributed by atoms with van der Waals surface area (Å²) in [5.41, 5.74) is 6.26. The molecule has 4 heteroatoms. The van der Waals surface area contributed by atoms with Crippen molar-refractivity contribution in [1.29, 1.82) is 0 Å². The van der Waals surface area contributed by atoms with Crippen molar-refractivity contribution >= 4 is 23.0 Å². The van der Waals surface area contributed by atoms with E-state index in [4.69, 9.17) is 12.2 Å². The molecule has 0 unspecified atom stereocenters. The number of hydrogen-bond acceptors (Lipinski definition) is 2. The number of nitrogens with one attached hydrogen (secondary N) is 2. The zero-order valence-electron chi connectivity index (χ0n) is 12.0. The van der Waals surface area contributed by atoms with Crippen LogP contribution in [0.3, 0.4) is 0 Å². The van der Waals surface area contributed by atoms with Crippen LogP contribution in [-0.2, 0) is 6.42 Å². The van der Waals surface area contributed by atoms with Crippen molar-refractivity contribution in [2.45, 2.75) is 40.0 Å². The lowest BCUT2D eigenvalue weighted by atomic mass is 10.1. The van der Waals surface area contributed by atoms with Crippen LogP contribution in [0.5, 0.6) is 0 Å². The van der Waals surface area contributed by atoms with Gasteiger partial charge in [-0.3, -0.25) is 5.43 Å². The standard InChI is InChI=1S/C15H23N3S/c1-4-6-11-16-15(19)18-17-12(3)14-9-7-13(5-2)8-10-14/h7-10H,4-6,11H2,1-3H3,(H2,16,18,19)/b17-12-. The molecule has 1 aromatic rings. The van der Waals surface area contributed by atoms with Gasteiger partial charge in [-0.25, -0.2) is 0 Å². The van der Waals surface area contributed by atoms with Gasteiger partial charge in [0, 0.05) is 6.54 Å². The van der Waals surface area contributed by atoms with E-state index in [1.807, 2.05) is 6.92 Å². The zero-order valence-corrected chi connectivity index (χ0v) is 12.8. The quantitative estimate of drug-likeness (QED) is 0.363. The molecule has 0 saturated heterocycles. The molecule has 104 valence electrons. The van der Waals surface area contributed by atoms with Gasteiger partial charge in [0.05, 0.1) is 5.71 Å². The maximum atomic E-state index is 5.15. The van der Waals surface area contributed by atoms with Crippen LogP contribution in [0, 0.1) is 0 Å². The summed E-state index contributed by atoms with van der Waals surface area (Å²) in [5, 5.41) is 7.99. The Balaban J connectivity index is 2.49. The van der Waals surface area contributed by atoms with Gasteiger partial charge in [-0.2, -0.15) is 5.10 Å². The lowest BCUT2D eigenvalue weighted by Crippen LogP contribution is -2.33. The summed E-state index contributed by atoms with van der Waals surface area (Å²) in [4.78, 5) is 0. The molecule has 0 spiro atoms.